The lowest BCUT2D eigenvalue weighted by Gasteiger charge is -2.22. The Kier molecular flexibility index (Phi) is 4.32. The van der Waals surface area contributed by atoms with Crippen LogP contribution < -0.4 is 5.32 Å². The van der Waals surface area contributed by atoms with Crippen LogP contribution in [0.3, 0.4) is 0 Å². The normalized spacial score (nSPS) is 17.9. The maximum absolute atomic E-state index is 12.4. The molecule has 1 saturated heterocycles. The number of thiophene rings is 1. The molecule has 1 N–H and O–H groups in total. The fourth-order valence-corrected chi connectivity index (χ4v) is 3.93. The van der Waals surface area contributed by atoms with E-state index in [9.17, 15) is 4.79 Å². The molecule has 24 heavy (non-hydrogen) atoms. The molecule has 0 spiro atoms. The monoisotopic (exact) mass is 341 g/mol. The molecule has 6 heteroatoms. The predicted molar refractivity (Wildman–Crippen MR) is 95.6 cm³/mol. The molecule has 1 aliphatic heterocycles. The molecule has 3 heterocycles. The smallest absolute Gasteiger partial charge is 0.265 e. The largest absolute Gasteiger partial charge is 0.376 e. The second-order valence-electron chi connectivity index (χ2n) is 6.04. The van der Waals surface area contributed by atoms with Gasteiger partial charge in [0.2, 0.25) is 0 Å². The first-order chi connectivity index (χ1) is 11.8. The average Bonchev–Trinajstić information content (AvgIpc) is 3.22. The number of fused-ring (bicyclic) bond motifs is 1. The Labute approximate surface area is 144 Å². The van der Waals surface area contributed by atoms with Gasteiger partial charge in [-0.25, -0.2) is 0 Å². The Hall–Kier alpha value is -2.18. The summed E-state index contributed by atoms with van der Waals surface area (Å²) in [6, 6.07) is 9.94. The highest BCUT2D eigenvalue weighted by molar-refractivity contribution is 7.20. The minimum absolute atomic E-state index is 0.0929. The standard InChI is InChI=1S/C18H19N3O2S/c22-18(17-9-13-5-1-2-7-16(13)24-17)20-14-10-19-21(11-14)12-15-6-3-4-8-23-15/h1-2,5,7,9-11,15H,3-4,6,8,12H2,(H,20,22)/t15-/m1/s1. The summed E-state index contributed by atoms with van der Waals surface area (Å²) < 4.78 is 8.69. The van der Waals surface area contributed by atoms with Crippen LogP contribution in [0.2, 0.25) is 0 Å². The summed E-state index contributed by atoms with van der Waals surface area (Å²) in [5.41, 5.74) is 0.716. The van der Waals surface area contributed by atoms with Crippen molar-refractivity contribution in [3.8, 4) is 0 Å². The number of ether oxygens (including phenoxy) is 1. The van der Waals surface area contributed by atoms with Gasteiger partial charge in [0.1, 0.15) is 0 Å². The summed E-state index contributed by atoms with van der Waals surface area (Å²) in [5.74, 6) is -0.0929. The molecule has 0 saturated carbocycles. The number of benzene rings is 1. The Morgan fingerprint density at radius 1 is 1.38 bits per heavy atom. The molecule has 0 bridgehead atoms. The van der Waals surface area contributed by atoms with Crippen LogP contribution in [0.15, 0.2) is 42.7 Å². The average molecular weight is 341 g/mol. The molecule has 0 unspecified atom stereocenters. The Morgan fingerprint density at radius 3 is 3.12 bits per heavy atom. The van der Waals surface area contributed by atoms with Gasteiger partial charge in [-0.2, -0.15) is 5.10 Å². The van der Waals surface area contributed by atoms with Crippen LogP contribution in [0.5, 0.6) is 0 Å². The van der Waals surface area contributed by atoms with Crippen molar-refractivity contribution in [1.82, 2.24) is 9.78 Å². The van der Waals surface area contributed by atoms with Crippen molar-refractivity contribution < 1.29 is 9.53 Å². The van der Waals surface area contributed by atoms with Gasteiger partial charge in [0.15, 0.2) is 0 Å². The van der Waals surface area contributed by atoms with Gasteiger partial charge in [-0.3, -0.25) is 9.48 Å². The Balaban J connectivity index is 1.42. The number of carbonyl (C=O) groups excluding carboxylic acids is 1. The Bertz CT molecular complexity index is 816. The first-order valence-corrected chi connectivity index (χ1v) is 9.03. The molecule has 1 atom stereocenters. The molecule has 1 amide bonds. The number of hydrogen-bond acceptors (Lipinski definition) is 4. The highest BCUT2D eigenvalue weighted by Gasteiger charge is 2.16. The molecular formula is C18H19N3O2S. The van der Waals surface area contributed by atoms with Crippen molar-refractivity contribution in [2.45, 2.75) is 31.9 Å². The number of carbonyl (C=O) groups is 1. The molecule has 0 radical (unpaired) electrons. The molecular weight excluding hydrogens is 322 g/mol. The highest BCUT2D eigenvalue weighted by Crippen LogP contribution is 2.26. The summed E-state index contributed by atoms with van der Waals surface area (Å²) in [6.45, 7) is 1.57. The van der Waals surface area contributed by atoms with Crippen LogP contribution in [0, 0.1) is 0 Å². The van der Waals surface area contributed by atoms with Crippen LogP contribution in [0.1, 0.15) is 28.9 Å². The van der Waals surface area contributed by atoms with Crippen molar-refractivity contribution >= 4 is 33.0 Å². The van der Waals surface area contributed by atoms with Gasteiger partial charge in [-0.15, -0.1) is 11.3 Å². The van der Waals surface area contributed by atoms with Crippen molar-refractivity contribution in [1.29, 1.82) is 0 Å². The highest BCUT2D eigenvalue weighted by atomic mass is 32.1. The quantitative estimate of drug-likeness (QED) is 0.782. The minimum Gasteiger partial charge on any atom is -0.376 e. The third-order valence-electron chi connectivity index (χ3n) is 4.21. The van der Waals surface area contributed by atoms with E-state index in [4.69, 9.17) is 4.74 Å². The molecule has 1 aromatic carbocycles. The first kappa shape index (κ1) is 15.4. The van der Waals surface area contributed by atoms with Gasteiger partial charge in [-0.05, 0) is 36.8 Å². The van der Waals surface area contributed by atoms with Gasteiger partial charge >= 0.3 is 0 Å². The zero-order valence-corrected chi connectivity index (χ0v) is 14.1. The lowest BCUT2D eigenvalue weighted by atomic mass is 10.1. The number of anilines is 1. The van der Waals surface area contributed by atoms with Crippen LogP contribution in [-0.2, 0) is 11.3 Å². The van der Waals surface area contributed by atoms with E-state index in [-0.39, 0.29) is 12.0 Å². The van der Waals surface area contributed by atoms with E-state index in [2.05, 4.69) is 10.4 Å². The number of amides is 1. The van der Waals surface area contributed by atoms with Crippen LogP contribution in [0.25, 0.3) is 10.1 Å². The summed E-state index contributed by atoms with van der Waals surface area (Å²) in [5, 5.41) is 8.34. The third-order valence-corrected chi connectivity index (χ3v) is 5.32. The molecule has 0 aliphatic carbocycles. The maximum atomic E-state index is 12.4. The van der Waals surface area contributed by atoms with Crippen molar-refractivity contribution in [2.75, 3.05) is 11.9 Å². The predicted octanol–water partition coefficient (Wildman–Crippen LogP) is 3.92. The summed E-state index contributed by atoms with van der Waals surface area (Å²) >= 11 is 1.50. The fourth-order valence-electron chi connectivity index (χ4n) is 2.97. The minimum atomic E-state index is -0.0929. The van der Waals surface area contributed by atoms with Crippen molar-refractivity contribution in [2.24, 2.45) is 0 Å². The van der Waals surface area contributed by atoms with E-state index in [1.54, 1.807) is 6.20 Å². The molecule has 1 aliphatic rings. The molecule has 1 fully saturated rings. The Morgan fingerprint density at radius 2 is 2.29 bits per heavy atom. The number of nitrogens with zero attached hydrogens (tertiary/aromatic N) is 2. The van der Waals surface area contributed by atoms with Gasteiger partial charge < -0.3 is 10.1 Å². The van der Waals surface area contributed by atoms with Gasteiger partial charge in [0.05, 0.1) is 29.4 Å². The van der Waals surface area contributed by atoms with Gasteiger partial charge in [0.25, 0.3) is 5.91 Å². The van der Waals surface area contributed by atoms with Crippen LogP contribution >= 0.6 is 11.3 Å². The third kappa shape index (κ3) is 3.34. The van der Waals surface area contributed by atoms with Crippen molar-refractivity contribution in [3.63, 3.8) is 0 Å². The zero-order chi connectivity index (χ0) is 16.4. The summed E-state index contributed by atoms with van der Waals surface area (Å²) in [4.78, 5) is 13.1. The van der Waals surface area contributed by atoms with E-state index in [0.717, 1.165) is 36.1 Å². The molecule has 4 rings (SSSR count). The summed E-state index contributed by atoms with van der Waals surface area (Å²) in [6.07, 6.45) is 7.21. The number of rotatable bonds is 4. The topological polar surface area (TPSA) is 56.2 Å². The SMILES string of the molecule is O=C(Nc1cnn(C[C@H]2CCCCO2)c1)c1cc2ccccc2s1. The lowest BCUT2D eigenvalue weighted by Crippen LogP contribution is -2.24. The summed E-state index contributed by atoms with van der Waals surface area (Å²) in [7, 11) is 0. The zero-order valence-electron chi connectivity index (χ0n) is 13.3. The van der Waals surface area contributed by atoms with E-state index in [1.165, 1.54) is 17.8 Å². The van der Waals surface area contributed by atoms with E-state index < -0.39 is 0 Å². The first-order valence-electron chi connectivity index (χ1n) is 8.22. The van der Waals surface area contributed by atoms with Crippen LogP contribution in [-0.4, -0.2) is 28.4 Å². The maximum Gasteiger partial charge on any atom is 0.265 e. The van der Waals surface area contributed by atoms with Crippen LogP contribution in [0.4, 0.5) is 5.69 Å². The van der Waals surface area contributed by atoms with E-state index >= 15 is 0 Å². The lowest BCUT2D eigenvalue weighted by molar-refractivity contribution is 0.00401. The fraction of sp³-hybridized carbons (Fsp3) is 0.333. The van der Waals surface area contributed by atoms with Gasteiger partial charge in [0, 0.05) is 17.5 Å². The van der Waals surface area contributed by atoms with E-state index in [1.807, 2.05) is 41.2 Å². The molecule has 124 valence electrons. The second kappa shape index (κ2) is 6.75. The van der Waals surface area contributed by atoms with Crippen molar-refractivity contribution in [3.05, 3.63) is 47.6 Å². The molecule has 3 aromatic rings. The molecule has 2 aromatic heterocycles. The molecule has 5 nitrogen and oxygen atoms in total. The van der Waals surface area contributed by atoms with Gasteiger partial charge in [-0.1, -0.05) is 18.2 Å². The number of aromatic nitrogens is 2. The number of hydrogen-bond donors (Lipinski definition) is 1. The van der Waals surface area contributed by atoms with E-state index in [0.29, 0.717) is 10.6 Å². The number of nitrogens with one attached hydrogen (secondary N) is 1. The second-order valence-corrected chi connectivity index (χ2v) is 7.13.